The molecule has 1 aromatic rings. The topological polar surface area (TPSA) is 47.6 Å². The maximum Gasteiger partial charge on any atom is 0.407 e. The van der Waals surface area contributed by atoms with Gasteiger partial charge in [0.05, 0.1) is 13.7 Å². The monoisotopic (exact) mass is 255 g/mol. The van der Waals surface area contributed by atoms with E-state index in [0.29, 0.717) is 13.2 Å². The molecular weight excluding hydrogens is 238 g/mol. The number of amides is 1. The molecule has 1 amide bonds. The second kappa shape index (κ2) is 7.84. The van der Waals surface area contributed by atoms with Gasteiger partial charge >= 0.3 is 6.09 Å². The molecule has 1 N–H and O–H groups in total. The lowest BCUT2D eigenvalue weighted by atomic mass is 10.3. The number of benzene rings is 1. The number of carbonyl (C=O) groups is 1. The Balaban J connectivity index is 2.19. The fourth-order valence-corrected chi connectivity index (χ4v) is 1.94. The minimum atomic E-state index is -0.358. The van der Waals surface area contributed by atoms with Gasteiger partial charge in [0, 0.05) is 17.2 Å². The third-order valence-electron chi connectivity index (χ3n) is 1.97. The highest BCUT2D eigenvalue weighted by Crippen LogP contribution is 2.20. The smallest absolute Gasteiger partial charge is 0.407 e. The van der Waals surface area contributed by atoms with Gasteiger partial charge in [0.25, 0.3) is 0 Å². The van der Waals surface area contributed by atoms with Crippen LogP contribution in [0.4, 0.5) is 4.79 Å². The highest BCUT2D eigenvalue weighted by molar-refractivity contribution is 7.99. The number of carbonyl (C=O) groups excluding carboxylic acids is 1. The van der Waals surface area contributed by atoms with Gasteiger partial charge in [-0.05, 0) is 31.2 Å². The first-order valence-corrected chi connectivity index (χ1v) is 6.42. The van der Waals surface area contributed by atoms with E-state index < -0.39 is 0 Å². The molecule has 0 saturated carbocycles. The number of alkyl carbamates (subject to hydrolysis) is 1. The summed E-state index contributed by atoms with van der Waals surface area (Å²) in [6, 6.07) is 7.82. The van der Waals surface area contributed by atoms with Gasteiger partial charge in [0.1, 0.15) is 5.75 Å². The van der Waals surface area contributed by atoms with Crippen LogP contribution in [0.2, 0.25) is 0 Å². The molecule has 4 nitrogen and oxygen atoms in total. The zero-order chi connectivity index (χ0) is 12.5. The molecule has 1 aromatic carbocycles. The third-order valence-corrected chi connectivity index (χ3v) is 2.99. The van der Waals surface area contributed by atoms with Gasteiger partial charge in [-0.1, -0.05) is 0 Å². The fraction of sp³-hybridized carbons (Fsp3) is 0.417. The van der Waals surface area contributed by atoms with Crippen LogP contribution < -0.4 is 10.1 Å². The van der Waals surface area contributed by atoms with Crippen LogP contribution in [0.3, 0.4) is 0 Å². The van der Waals surface area contributed by atoms with Crippen LogP contribution in [0.15, 0.2) is 29.2 Å². The Morgan fingerprint density at radius 2 is 2.06 bits per heavy atom. The highest BCUT2D eigenvalue weighted by atomic mass is 32.2. The first-order chi connectivity index (χ1) is 8.26. The van der Waals surface area contributed by atoms with E-state index >= 15 is 0 Å². The number of nitrogens with one attached hydrogen (secondary N) is 1. The summed E-state index contributed by atoms with van der Waals surface area (Å²) in [7, 11) is 1.64. The van der Waals surface area contributed by atoms with E-state index in [-0.39, 0.29) is 6.09 Å². The summed E-state index contributed by atoms with van der Waals surface area (Å²) in [4.78, 5) is 12.1. The van der Waals surface area contributed by atoms with Crippen LogP contribution in [0.25, 0.3) is 0 Å². The van der Waals surface area contributed by atoms with E-state index in [2.05, 4.69) is 5.32 Å². The summed E-state index contributed by atoms with van der Waals surface area (Å²) < 4.78 is 9.82. The Hall–Kier alpha value is -1.36. The highest BCUT2D eigenvalue weighted by Gasteiger charge is 1.99. The van der Waals surface area contributed by atoms with Crippen LogP contribution in [0.1, 0.15) is 6.92 Å². The van der Waals surface area contributed by atoms with Gasteiger partial charge in [-0.2, -0.15) is 0 Å². The van der Waals surface area contributed by atoms with E-state index in [1.807, 2.05) is 24.3 Å². The number of methoxy groups -OCH3 is 1. The van der Waals surface area contributed by atoms with Crippen LogP contribution >= 0.6 is 11.8 Å². The molecule has 0 atom stereocenters. The molecule has 1 rings (SSSR count). The van der Waals surface area contributed by atoms with Crippen molar-refractivity contribution in [2.75, 3.05) is 26.0 Å². The van der Waals surface area contributed by atoms with Crippen molar-refractivity contribution in [2.24, 2.45) is 0 Å². The number of ether oxygens (including phenoxy) is 2. The Labute approximate surface area is 106 Å². The Morgan fingerprint density at radius 1 is 1.35 bits per heavy atom. The number of hydrogen-bond acceptors (Lipinski definition) is 4. The molecule has 0 saturated heterocycles. The van der Waals surface area contributed by atoms with Gasteiger partial charge in [-0.3, -0.25) is 0 Å². The van der Waals surface area contributed by atoms with Crippen LogP contribution in [-0.4, -0.2) is 32.1 Å². The molecule has 0 radical (unpaired) electrons. The summed E-state index contributed by atoms with van der Waals surface area (Å²) in [5.41, 5.74) is 0. The molecule has 0 aromatic heterocycles. The summed E-state index contributed by atoms with van der Waals surface area (Å²) in [5, 5.41) is 2.67. The third kappa shape index (κ3) is 5.49. The van der Waals surface area contributed by atoms with E-state index in [9.17, 15) is 4.79 Å². The van der Waals surface area contributed by atoms with Gasteiger partial charge in [0.15, 0.2) is 0 Å². The average molecular weight is 255 g/mol. The van der Waals surface area contributed by atoms with Crippen molar-refractivity contribution in [3.05, 3.63) is 24.3 Å². The molecule has 94 valence electrons. The maximum atomic E-state index is 11.0. The van der Waals surface area contributed by atoms with Crippen molar-refractivity contribution in [3.8, 4) is 5.75 Å². The SMILES string of the molecule is CCOC(=O)NCCSc1ccc(OC)cc1. The van der Waals surface area contributed by atoms with Gasteiger partial charge in [-0.25, -0.2) is 4.79 Å². The van der Waals surface area contributed by atoms with E-state index in [0.717, 1.165) is 16.4 Å². The second-order valence-electron chi connectivity index (χ2n) is 3.17. The van der Waals surface area contributed by atoms with Crippen LogP contribution in [-0.2, 0) is 4.74 Å². The Kier molecular flexibility index (Phi) is 6.32. The lowest BCUT2D eigenvalue weighted by Crippen LogP contribution is -2.26. The Morgan fingerprint density at radius 3 is 2.65 bits per heavy atom. The van der Waals surface area contributed by atoms with Crippen molar-refractivity contribution in [3.63, 3.8) is 0 Å². The molecule has 0 aliphatic carbocycles. The first kappa shape index (κ1) is 13.7. The second-order valence-corrected chi connectivity index (χ2v) is 4.34. The standard InChI is InChI=1S/C12H17NO3S/c1-3-16-12(14)13-8-9-17-11-6-4-10(15-2)5-7-11/h4-7H,3,8-9H2,1-2H3,(H,13,14). The predicted octanol–water partition coefficient (Wildman–Crippen LogP) is 2.53. The molecule has 0 unspecified atom stereocenters. The predicted molar refractivity (Wildman–Crippen MR) is 68.7 cm³/mol. The van der Waals surface area contributed by atoms with E-state index in [1.165, 1.54) is 0 Å². The fourth-order valence-electron chi connectivity index (χ4n) is 1.18. The minimum absolute atomic E-state index is 0.358. The molecular formula is C12H17NO3S. The van der Waals surface area contributed by atoms with E-state index in [4.69, 9.17) is 9.47 Å². The van der Waals surface area contributed by atoms with Gasteiger partial charge < -0.3 is 14.8 Å². The molecule has 5 heteroatoms. The maximum absolute atomic E-state index is 11.0. The van der Waals surface area contributed by atoms with Crippen LogP contribution in [0.5, 0.6) is 5.75 Å². The average Bonchev–Trinajstić information content (AvgIpc) is 2.36. The summed E-state index contributed by atoms with van der Waals surface area (Å²) in [6.45, 7) is 2.78. The molecule has 0 spiro atoms. The lowest BCUT2D eigenvalue weighted by molar-refractivity contribution is 0.153. The van der Waals surface area contributed by atoms with Crippen molar-refractivity contribution in [1.29, 1.82) is 0 Å². The van der Waals surface area contributed by atoms with Gasteiger partial charge in [-0.15, -0.1) is 11.8 Å². The Bertz CT molecular complexity index is 340. The van der Waals surface area contributed by atoms with Crippen molar-refractivity contribution in [2.45, 2.75) is 11.8 Å². The number of rotatable bonds is 6. The molecule has 0 aliphatic heterocycles. The van der Waals surface area contributed by atoms with Crippen molar-refractivity contribution < 1.29 is 14.3 Å². The normalized spacial score (nSPS) is 9.76. The zero-order valence-corrected chi connectivity index (χ0v) is 10.9. The molecule has 17 heavy (non-hydrogen) atoms. The number of thioether (sulfide) groups is 1. The lowest BCUT2D eigenvalue weighted by Gasteiger charge is -2.05. The van der Waals surface area contributed by atoms with Crippen molar-refractivity contribution in [1.82, 2.24) is 5.32 Å². The number of hydrogen-bond donors (Lipinski definition) is 1. The van der Waals surface area contributed by atoms with Gasteiger partial charge in [0.2, 0.25) is 0 Å². The first-order valence-electron chi connectivity index (χ1n) is 5.43. The van der Waals surface area contributed by atoms with Crippen molar-refractivity contribution >= 4 is 17.9 Å². The molecule has 0 bridgehead atoms. The largest absolute Gasteiger partial charge is 0.497 e. The minimum Gasteiger partial charge on any atom is -0.497 e. The molecule has 0 aliphatic rings. The molecule has 0 heterocycles. The van der Waals surface area contributed by atoms with Crippen LogP contribution in [0, 0.1) is 0 Å². The zero-order valence-electron chi connectivity index (χ0n) is 10.1. The summed E-state index contributed by atoms with van der Waals surface area (Å²) >= 11 is 1.67. The summed E-state index contributed by atoms with van der Waals surface area (Å²) in [5.74, 6) is 1.66. The quantitative estimate of drug-likeness (QED) is 0.627. The van der Waals surface area contributed by atoms with E-state index in [1.54, 1.807) is 25.8 Å². The summed E-state index contributed by atoms with van der Waals surface area (Å²) in [6.07, 6.45) is -0.358. The molecule has 0 fully saturated rings.